The van der Waals surface area contributed by atoms with Gasteiger partial charge in [0.2, 0.25) is 5.91 Å². The molecule has 1 saturated carbocycles. The molecule has 1 aromatic heterocycles. The van der Waals surface area contributed by atoms with Gasteiger partial charge >= 0.3 is 5.97 Å². The van der Waals surface area contributed by atoms with E-state index in [-0.39, 0.29) is 23.9 Å². The predicted octanol–water partition coefficient (Wildman–Crippen LogP) is 3.41. The first-order valence-electron chi connectivity index (χ1n) is 11.6. The maximum Gasteiger partial charge on any atom is 0.354 e. The van der Waals surface area contributed by atoms with Gasteiger partial charge in [-0.05, 0) is 49.1 Å². The van der Waals surface area contributed by atoms with E-state index in [1.165, 1.54) is 31.1 Å². The number of aryl methyl sites for hydroxylation is 1. The molecule has 1 N–H and O–H groups in total. The molecule has 176 valence electrons. The zero-order valence-corrected chi connectivity index (χ0v) is 19.5. The van der Waals surface area contributed by atoms with Crippen LogP contribution < -0.4 is 14.8 Å². The van der Waals surface area contributed by atoms with Crippen molar-refractivity contribution in [2.75, 3.05) is 38.7 Å². The predicted molar refractivity (Wildman–Crippen MR) is 123 cm³/mol. The van der Waals surface area contributed by atoms with Crippen molar-refractivity contribution in [1.82, 2.24) is 9.47 Å². The molecule has 8 heteroatoms. The molecule has 3 heterocycles. The highest BCUT2D eigenvalue weighted by Crippen LogP contribution is 2.51. The van der Waals surface area contributed by atoms with Crippen LogP contribution in [0, 0.1) is 0 Å². The number of ether oxygens (including phenoxy) is 3. The lowest BCUT2D eigenvalue weighted by molar-refractivity contribution is -0.118. The van der Waals surface area contributed by atoms with E-state index < -0.39 is 5.97 Å². The van der Waals surface area contributed by atoms with Gasteiger partial charge in [0.05, 0.1) is 19.3 Å². The van der Waals surface area contributed by atoms with Gasteiger partial charge in [0.25, 0.3) is 0 Å². The van der Waals surface area contributed by atoms with E-state index in [9.17, 15) is 9.59 Å². The lowest BCUT2D eigenvalue weighted by Gasteiger charge is -2.46. The lowest BCUT2D eigenvalue weighted by Crippen LogP contribution is -2.48. The highest BCUT2D eigenvalue weighted by molar-refractivity contribution is 5.95. The van der Waals surface area contributed by atoms with E-state index in [1.54, 1.807) is 23.9 Å². The molecule has 0 bridgehead atoms. The summed E-state index contributed by atoms with van der Waals surface area (Å²) in [6.07, 6.45) is 6.35. The number of carbonyl (C=O) groups is 2. The molecule has 0 radical (unpaired) electrons. The number of amides is 1. The smallest absolute Gasteiger partial charge is 0.354 e. The third kappa shape index (κ3) is 3.86. The molecule has 1 aliphatic carbocycles. The molecule has 1 spiro atoms. The molecule has 5 rings (SSSR count). The van der Waals surface area contributed by atoms with E-state index in [4.69, 9.17) is 14.2 Å². The van der Waals surface area contributed by atoms with Crippen molar-refractivity contribution in [2.24, 2.45) is 7.05 Å². The van der Waals surface area contributed by atoms with Gasteiger partial charge in [-0.25, -0.2) is 4.79 Å². The van der Waals surface area contributed by atoms with Crippen molar-refractivity contribution < 1.29 is 23.8 Å². The lowest BCUT2D eigenvalue weighted by atomic mass is 9.71. The van der Waals surface area contributed by atoms with Crippen LogP contribution in [0.5, 0.6) is 11.5 Å². The minimum atomic E-state index is -0.433. The van der Waals surface area contributed by atoms with Crippen LogP contribution in [-0.2, 0) is 22.0 Å². The van der Waals surface area contributed by atoms with Crippen LogP contribution in [0.25, 0.3) is 0 Å². The quantitative estimate of drug-likeness (QED) is 0.715. The second-order valence-corrected chi connectivity index (χ2v) is 9.42. The third-order valence-corrected chi connectivity index (χ3v) is 7.38. The van der Waals surface area contributed by atoms with Crippen molar-refractivity contribution in [3.63, 3.8) is 0 Å². The minimum Gasteiger partial charge on any atom is -0.486 e. The second kappa shape index (κ2) is 8.41. The second-order valence-electron chi connectivity index (χ2n) is 9.42. The number of esters is 1. The maximum atomic E-state index is 13.0. The molecule has 1 fully saturated rings. The van der Waals surface area contributed by atoms with Crippen LogP contribution in [-0.4, -0.2) is 54.8 Å². The average Bonchev–Trinajstić information content (AvgIpc) is 3.42. The summed E-state index contributed by atoms with van der Waals surface area (Å²) >= 11 is 0. The Morgan fingerprint density at radius 3 is 2.55 bits per heavy atom. The number of anilines is 1. The molecule has 33 heavy (non-hydrogen) atoms. The van der Waals surface area contributed by atoms with Gasteiger partial charge in [0, 0.05) is 31.2 Å². The van der Waals surface area contributed by atoms with Gasteiger partial charge in [-0.3, -0.25) is 9.69 Å². The Balaban J connectivity index is 1.38. The molecule has 2 aromatic rings. The normalized spacial score (nSPS) is 21.0. The summed E-state index contributed by atoms with van der Waals surface area (Å²) < 4.78 is 18.2. The van der Waals surface area contributed by atoms with E-state index in [0.29, 0.717) is 24.6 Å². The van der Waals surface area contributed by atoms with Crippen LogP contribution in [0.3, 0.4) is 0 Å². The third-order valence-electron chi connectivity index (χ3n) is 7.38. The first kappa shape index (κ1) is 21.8. The molecule has 8 nitrogen and oxygen atoms in total. The molecule has 0 unspecified atom stereocenters. The Hall–Kier alpha value is -3.00. The topological polar surface area (TPSA) is 82.0 Å². The molecular weight excluding hydrogens is 422 g/mol. The number of nitrogens with one attached hydrogen (secondary N) is 1. The Morgan fingerprint density at radius 2 is 1.85 bits per heavy atom. The number of nitrogens with zero attached hydrogens (tertiary/aromatic N) is 2. The molecule has 1 amide bonds. The van der Waals surface area contributed by atoms with Gasteiger partial charge in [-0.1, -0.05) is 12.8 Å². The van der Waals surface area contributed by atoms with E-state index in [2.05, 4.69) is 29.3 Å². The Bertz CT molecular complexity index is 1090. The SMILES string of the molecule is COC(=O)c1cc(NC(=O)CN2CC3(CCCC3)c3cc4c(cc3[C@H]2C)OCCO4)cn1C. The monoisotopic (exact) mass is 453 g/mol. The summed E-state index contributed by atoms with van der Waals surface area (Å²) in [4.78, 5) is 27.2. The van der Waals surface area contributed by atoms with Crippen molar-refractivity contribution in [1.29, 1.82) is 0 Å². The first-order chi connectivity index (χ1) is 15.9. The minimum absolute atomic E-state index is 0.0444. The van der Waals surface area contributed by atoms with Crippen molar-refractivity contribution in [2.45, 2.75) is 44.1 Å². The summed E-state index contributed by atoms with van der Waals surface area (Å²) in [7, 11) is 3.10. The fraction of sp³-hybridized carbons (Fsp3) is 0.520. The number of aromatic nitrogens is 1. The van der Waals surface area contributed by atoms with Crippen molar-refractivity contribution >= 4 is 17.6 Å². The summed E-state index contributed by atoms with van der Waals surface area (Å²) in [5.41, 5.74) is 3.61. The molecule has 1 atom stereocenters. The largest absolute Gasteiger partial charge is 0.486 e. The Labute approximate surface area is 193 Å². The number of methoxy groups -OCH3 is 1. The molecule has 2 aliphatic heterocycles. The highest BCUT2D eigenvalue weighted by Gasteiger charge is 2.45. The standard InChI is InChI=1S/C25H31N3O5/c1-16-18-11-21-22(33-9-8-32-21)12-19(18)25(6-4-5-7-25)15-28(16)14-23(29)26-17-10-20(24(30)31-3)27(2)13-17/h10-13,16H,4-9,14-15H2,1-3H3,(H,26,29)/t16-/m1/s1. The van der Waals surface area contributed by atoms with Crippen LogP contribution in [0.2, 0.25) is 0 Å². The highest BCUT2D eigenvalue weighted by atomic mass is 16.6. The molecule has 0 saturated heterocycles. The number of benzene rings is 1. The van der Waals surface area contributed by atoms with Crippen molar-refractivity contribution in [3.8, 4) is 11.5 Å². The van der Waals surface area contributed by atoms with Crippen LogP contribution in [0.15, 0.2) is 24.4 Å². The van der Waals surface area contributed by atoms with E-state index >= 15 is 0 Å². The summed E-state index contributed by atoms with van der Waals surface area (Å²) in [5, 5.41) is 2.95. The van der Waals surface area contributed by atoms with Gasteiger partial charge in [0.15, 0.2) is 11.5 Å². The Morgan fingerprint density at radius 1 is 1.15 bits per heavy atom. The van der Waals surface area contributed by atoms with Gasteiger partial charge in [-0.2, -0.15) is 0 Å². The zero-order chi connectivity index (χ0) is 23.2. The Kier molecular flexibility index (Phi) is 5.56. The number of hydrogen-bond donors (Lipinski definition) is 1. The molecule has 1 aromatic carbocycles. The summed E-state index contributed by atoms with van der Waals surface area (Å²) in [6, 6.07) is 6.04. The van der Waals surface area contributed by atoms with Gasteiger partial charge in [0.1, 0.15) is 18.9 Å². The van der Waals surface area contributed by atoms with Gasteiger partial charge < -0.3 is 24.1 Å². The van der Waals surface area contributed by atoms with Crippen LogP contribution >= 0.6 is 0 Å². The van der Waals surface area contributed by atoms with Crippen LogP contribution in [0.4, 0.5) is 5.69 Å². The fourth-order valence-electron chi connectivity index (χ4n) is 5.71. The van der Waals surface area contributed by atoms with Crippen LogP contribution in [0.1, 0.15) is 60.3 Å². The number of rotatable bonds is 4. The summed E-state index contributed by atoms with van der Waals surface area (Å²) in [5.74, 6) is 1.11. The maximum absolute atomic E-state index is 13.0. The number of fused-ring (bicyclic) bond motifs is 3. The zero-order valence-electron chi connectivity index (χ0n) is 19.5. The van der Waals surface area contributed by atoms with E-state index in [0.717, 1.165) is 30.9 Å². The average molecular weight is 454 g/mol. The van der Waals surface area contributed by atoms with E-state index in [1.807, 2.05) is 0 Å². The molecule has 3 aliphatic rings. The van der Waals surface area contributed by atoms with Gasteiger partial charge in [-0.15, -0.1) is 0 Å². The number of hydrogen-bond acceptors (Lipinski definition) is 6. The fourth-order valence-corrected chi connectivity index (χ4v) is 5.71. The number of carbonyl (C=O) groups excluding carboxylic acids is 2. The molecular formula is C25H31N3O5. The summed E-state index contributed by atoms with van der Waals surface area (Å²) in [6.45, 7) is 4.41. The first-order valence-corrected chi connectivity index (χ1v) is 11.6. The van der Waals surface area contributed by atoms with Crippen molar-refractivity contribution in [3.05, 3.63) is 41.2 Å².